The van der Waals surface area contributed by atoms with Gasteiger partial charge in [0.1, 0.15) is 0 Å². The SMILES string of the molecule is C=C[C-](C=C)O[Si](C)(C)C.[Li+]. The van der Waals surface area contributed by atoms with E-state index >= 15 is 0 Å². The van der Waals surface area contributed by atoms with Crippen molar-refractivity contribution in [3.05, 3.63) is 31.4 Å². The van der Waals surface area contributed by atoms with Gasteiger partial charge in [0.2, 0.25) is 0 Å². The fourth-order valence-electron chi connectivity index (χ4n) is 0.520. The third kappa shape index (κ3) is 8.03. The summed E-state index contributed by atoms with van der Waals surface area (Å²) in [7, 11) is -1.44. The molecule has 0 aliphatic carbocycles. The van der Waals surface area contributed by atoms with Gasteiger partial charge in [-0.15, -0.1) is 0 Å². The maximum Gasteiger partial charge on any atom is 1.00 e. The average Bonchev–Trinajstić information content (AvgIpc) is 1.81. The van der Waals surface area contributed by atoms with Crippen LogP contribution < -0.4 is 18.9 Å². The van der Waals surface area contributed by atoms with Crippen LogP contribution in [0, 0.1) is 6.10 Å². The predicted octanol–water partition coefficient (Wildman–Crippen LogP) is -0.254. The van der Waals surface area contributed by atoms with E-state index in [1.807, 2.05) is 0 Å². The molecular formula is C8H15LiOSi. The van der Waals surface area contributed by atoms with E-state index < -0.39 is 8.32 Å². The first kappa shape index (κ1) is 13.7. The zero-order valence-corrected chi connectivity index (χ0v) is 8.98. The normalized spacial score (nSPS) is 9.73. The Bertz CT molecular complexity index is 121. The van der Waals surface area contributed by atoms with E-state index in [2.05, 4.69) is 32.8 Å². The summed E-state index contributed by atoms with van der Waals surface area (Å²) in [6.45, 7) is 13.6. The summed E-state index contributed by atoms with van der Waals surface area (Å²) in [5.41, 5.74) is 0. The number of hydrogen-bond donors (Lipinski definition) is 0. The Balaban J connectivity index is 0. The Hall–Kier alpha value is 0.124. The van der Waals surface area contributed by atoms with Crippen molar-refractivity contribution in [2.45, 2.75) is 19.6 Å². The predicted molar refractivity (Wildman–Crippen MR) is 48.1 cm³/mol. The second-order valence-electron chi connectivity index (χ2n) is 3.03. The fraction of sp³-hybridized carbons (Fsp3) is 0.375. The molecule has 0 saturated heterocycles. The van der Waals surface area contributed by atoms with Crippen LogP contribution in [0.4, 0.5) is 0 Å². The zero-order chi connectivity index (χ0) is 8.20. The van der Waals surface area contributed by atoms with Gasteiger partial charge in [0.05, 0.1) is 0 Å². The molecule has 0 bridgehead atoms. The molecule has 58 valence electrons. The molecule has 0 amide bonds. The van der Waals surface area contributed by atoms with E-state index in [1.54, 1.807) is 12.2 Å². The van der Waals surface area contributed by atoms with Crippen molar-refractivity contribution in [2.24, 2.45) is 0 Å². The minimum absolute atomic E-state index is 0. The molecule has 11 heavy (non-hydrogen) atoms. The van der Waals surface area contributed by atoms with Gasteiger partial charge in [-0.1, -0.05) is 0 Å². The molecule has 0 radical (unpaired) electrons. The maximum atomic E-state index is 5.56. The first-order valence-electron chi connectivity index (χ1n) is 3.30. The molecule has 0 fully saturated rings. The monoisotopic (exact) mass is 162 g/mol. The molecule has 3 heteroatoms. The molecule has 0 aliphatic rings. The van der Waals surface area contributed by atoms with Gasteiger partial charge in [0.15, 0.2) is 8.32 Å². The van der Waals surface area contributed by atoms with Crippen LogP contribution in [-0.4, -0.2) is 8.32 Å². The van der Waals surface area contributed by atoms with Crippen molar-refractivity contribution in [3.63, 3.8) is 0 Å². The quantitative estimate of drug-likeness (QED) is 0.409. The molecule has 0 N–H and O–H groups in total. The molecule has 0 heterocycles. The molecular weight excluding hydrogens is 147 g/mol. The first-order chi connectivity index (χ1) is 4.49. The fourth-order valence-corrected chi connectivity index (χ4v) is 1.39. The molecule has 0 aromatic rings. The van der Waals surface area contributed by atoms with Gasteiger partial charge >= 0.3 is 18.9 Å². The summed E-state index contributed by atoms with van der Waals surface area (Å²) in [4.78, 5) is 0. The Kier molecular flexibility index (Phi) is 7.14. The van der Waals surface area contributed by atoms with Gasteiger partial charge in [-0.3, -0.25) is 0 Å². The van der Waals surface area contributed by atoms with Gasteiger partial charge in [-0.25, -0.2) is 0 Å². The van der Waals surface area contributed by atoms with Crippen LogP contribution in [0.2, 0.25) is 19.6 Å². The second kappa shape index (κ2) is 5.73. The van der Waals surface area contributed by atoms with Gasteiger partial charge in [0, 0.05) is 0 Å². The van der Waals surface area contributed by atoms with Gasteiger partial charge in [-0.05, 0) is 25.7 Å². The van der Waals surface area contributed by atoms with E-state index in [4.69, 9.17) is 4.43 Å². The third-order valence-electron chi connectivity index (χ3n) is 0.826. The van der Waals surface area contributed by atoms with Crippen LogP contribution in [0.5, 0.6) is 0 Å². The smallest absolute Gasteiger partial charge is 0.445 e. The van der Waals surface area contributed by atoms with Crippen molar-refractivity contribution < 1.29 is 23.3 Å². The minimum Gasteiger partial charge on any atom is -0.445 e. The van der Waals surface area contributed by atoms with Crippen molar-refractivity contribution in [1.29, 1.82) is 0 Å². The molecule has 0 atom stereocenters. The second-order valence-corrected chi connectivity index (χ2v) is 7.45. The van der Waals surface area contributed by atoms with Crippen LogP contribution in [-0.2, 0) is 4.43 Å². The summed E-state index contributed by atoms with van der Waals surface area (Å²) in [6.07, 6.45) is 4.16. The van der Waals surface area contributed by atoms with Gasteiger partial charge in [0.25, 0.3) is 0 Å². The minimum atomic E-state index is -1.44. The zero-order valence-electron chi connectivity index (χ0n) is 7.98. The van der Waals surface area contributed by atoms with Crippen LogP contribution >= 0.6 is 0 Å². The van der Waals surface area contributed by atoms with E-state index in [0.29, 0.717) is 0 Å². The number of hydrogen-bond acceptors (Lipinski definition) is 1. The van der Waals surface area contributed by atoms with Crippen LogP contribution in [0.1, 0.15) is 0 Å². The van der Waals surface area contributed by atoms with Gasteiger partial charge in [-0.2, -0.15) is 25.3 Å². The molecule has 0 aromatic carbocycles. The summed E-state index contributed by atoms with van der Waals surface area (Å²) >= 11 is 0. The van der Waals surface area contributed by atoms with Crippen molar-refractivity contribution in [3.8, 4) is 0 Å². The standard InChI is InChI=1S/C8H15OSi.Li/c1-6-8(7-2)9-10(3,4)5;/h6-7H,1-2H2,3-5H3;/q-1;+1. The van der Waals surface area contributed by atoms with Crippen LogP contribution in [0.25, 0.3) is 0 Å². The Morgan fingerprint density at radius 2 is 1.55 bits per heavy atom. The van der Waals surface area contributed by atoms with E-state index in [1.165, 1.54) is 0 Å². The molecule has 1 nitrogen and oxygen atoms in total. The molecule has 0 rings (SSSR count). The van der Waals surface area contributed by atoms with Crippen molar-refractivity contribution in [2.75, 3.05) is 0 Å². The number of rotatable bonds is 4. The average molecular weight is 162 g/mol. The molecule has 0 aromatic heterocycles. The van der Waals surface area contributed by atoms with Gasteiger partial charge < -0.3 is 4.43 Å². The van der Waals surface area contributed by atoms with Crippen LogP contribution in [0.15, 0.2) is 25.3 Å². The Labute approximate surface area is 82.8 Å². The summed E-state index contributed by atoms with van der Waals surface area (Å²) in [5, 5.41) is 0. The van der Waals surface area contributed by atoms with Crippen molar-refractivity contribution in [1.82, 2.24) is 0 Å². The Morgan fingerprint density at radius 3 is 1.64 bits per heavy atom. The first-order valence-corrected chi connectivity index (χ1v) is 6.71. The summed E-state index contributed by atoms with van der Waals surface area (Å²) in [6, 6.07) is 0. The van der Waals surface area contributed by atoms with E-state index in [9.17, 15) is 0 Å². The molecule has 0 unspecified atom stereocenters. The maximum absolute atomic E-state index is 5.56. The van der Waals surface area contributed by atoms with Crippen LogP contribution in [0.3, 0.4) is 0 Å². The molecule has 0 spiro atoms. The summed E-state index contributed by atoms with van der Waals surface area (Å²) < 4.78 is 5.56. The van der Waals surface area contributed by atoms with Crippen molar-refractivity contribution >= 4 is 8.32 Å². The Morgan fingerprint density at radius 1 is 1.18 bits per heavy atom. The summed E-state index contributed by atoms with van der Waals surface area (Å²) in [5.74, 6) is 0. The van der Waals surface area contributed by atoms with E-state index in [0.717, 1.165) is 6.10 Å². The third-order valence-corrected chi connectivity index (χ3v) is 1.67. The largest absolute Gasteiger partial charge is 1.00 e. The molecule has 0 aliphatic heterocycles. The molecule has 0 saturated carbocycles. The van der Waals surface area contributed by atoms with E-state index in [-0.39, 0.29) is 18.9 Å². The topological polar surface area (TPSA) is 9.23 Å².